The summed E-state index contributed by atoms with van der Waals surface area (Å²) in [6.07, 6.45) is 0.852. The number of aryl methyl sites for hydroxylation is 1. The first-order chi connectivity index (χ1) is 7.70. The third-order valence-corrected chi connectivity index (χ3v) is 2.66. The zero-order chi connectivity index (χ0) is 11.5. The van der Waals surface area contributed by atoms with E-state index < -0.39 is 0 Å². The molecule has 0 aliphatic carbocycles. The van der Waals surface area contributed by atoms with Crippen molar-refractivity contribution in [2.45, 2.75) is 26.8 Å². The van der Waals surface area contributed by atoms with E-state index in [-0.39, 0.29) is 0 Å². The number of nitrogens with zero attached hydrogens (tertiary/aromatic N) is 3. The van der Waals surface area contributed by atoms with E-state index in [1.807, 2.05) is 4.68 Å². The van der Waals surface area contributed by atoms with E-state index in [1.165, 1.54) is 11.1 Å². The molecule has 0 amide bonds. The van der Waals surface area contributed by atoms with E-state index >= 15 is 0 Å². The minimum Gasteiger partial charge on any atom is -0.381 e. The molecule has 0 aliphatic rings. The van der Waals surface area contributed by atoms with Crippen molar-refractivity contribution in [1.82, 2.24) is 15.0 Å². The molecule has 0 unspecified atom stereocenters. The Hall–Kier alpha value is -1.84. The van der Waals surface area contributed by atoms with Gasteiger partial charge in [-0.05, 0) is 18.9 Å². The third kappa shape index (κ3) is 2.05. The van der Waals surface area contributed by atoms with Crippen molar-refractivity contribution in [2.75, 3.05) is 5.73 Å². The minimum atomic E-state index is 0.537. The molecule has 84 valence electrons. The molecule has 0 saturated carbocycles. The Kier molecular flexibility index (Phi) is 2.90. The number of hydrogen-bond donors (Lipinski definition) is 1. The molecule has 1 heterocycles. The molecular weight excluding hydrogens is 200 g/mol. The van der Waals surface area contributed by atoms with Crippen molar-refractivity contribution < 1.29 is 0 Å². The Morgan fingerprint density at radius 3 is 2.56 bits per heavy atom. The highest BCUT2D eigenvalue weighted by molar-refractivity contribution is 5.33. The highest BCUT2D eigenvalue weighted by Gasteiger charge is 2.07. The Morgan fingerprint density at radius 1 is 1.25 bits per heavy atom. The lowest BCUT2D eigenvalue weighted by Crippen LogP contribution is -2.06. The number of hydrogen-bond acceptors (Lipinski definition) is 3. The predicted octanol–water partition coefficient (Wildman–Crippen LogP) is 1.78. The Balaban J connectivity index is 2.23. The Morgan fingerprint density at radius 2 is 1.94 bits per heavy atom. The molecule has 0 spiro atoms. The lowest BCUT2D eigenvalue weighted by atomic mass is 10.1. The summed E-state index contributed by atoms with van der Waals surface area (Å²) < 4.78 is 1.86. The summed E-state index contributed by atoms with van der Waals surface area (Å²) in [6.45, 7) is 4.86. The first kappa shape index (κ1) is 10.7. The van der Waals surface area contributed by atoms with Gasteiger partial charge < -0.3 is 5.73 Å². The first-order valence-electron chi connectivity index (χ1n) is 5.44. The van der Waals surface area contributed by atoms with Crippen LogP contribution in [0.15, 0.2) is 24.3 Å². The second kappa shape index (κ2) is 4.35. The topological polar surface area (TPSA) is 56.7 Å². The van der Waals surface area contributed by atoms with Crippen LogP contribution in [0.5, 0.6) is 0 Å². The third-order valence-electron chi connectivity index (χ3n) is 2.66. The SMILES string of the molecule is CCc1c(N)nnn1Cc1ccc(C)cc1. The number of anilines is 1. The second-order valence-electron chi connectivity index (χ2n) is 3.92. The molecule has 4 heteroatoms. The Bertz CT molecular complexity index is 470. The van der Waals surface area contributed by atoms with Crippen LogP contribution in [0.2, 0.25) is 0 Å². The van der Waals surface area contributed by atoms with E-state index in [0.29, 0.717) is 5.82 Å². The van der Waals surface area contributed by atoms with E-state index in [0.717, 1.165) is 18.7 Å². The van der Waals surface area contributed by atoms with Crippen molar-refractivity contribution in [2.24, 2.45) is 0 Å². The van der Waals surface area contributed by atoms with Crippen LogP contribution in [0.1, 0.15) is 23.7 Å². The van der Waals surface area contributed by atoms with Crippen LogP contribution in [-0.2, 0) is 13.0 Å². The van der Waals surface area contributed by atoms with Gasteiger partial charge >= 0.3 is 0 Å². The molecule has 0 radical (unpaired) electrons. The second-order valence-corrected chi connectivity index (χ2v) is 3.92. The molecular formula is C12H16N4. The maximum atomic E-state index is 5.74. The zero-order valence-electron chi connectivity index (χ0n) is 9.64. The van der Waals surface area contributed by atoms with Gasteiger partial charge in [0.25, 0.3) is 0 Å². The summed E-state index contributed by atoms with van der Waals surface area (Å²) in [6, 6.07) is 8.40. The number of nitrogens with two attached hydrogens (primary N) is 1. The quantitative estimate of drug-likeness (QED) is 0.850. The van der Waals surface area contributed by atoms with Gasteiger partial charge in [-0.15, -0.1) is 5.10 Å². The van der Waals surface area contributed by atoms with Gasteiger partial charge in [0.2, 0.25) is 0 Å². The standard InChI is InChI=1S/C12H16N4/c1-3-11-12(13)14-15-16(11)8-10-6-4-9(2)5-7-10/h4-7H,3,8,13H2,1-2H3. The molecule has 0 saturated heterocycles. The molecule has 0 bridgehead atoms. The van der Waals surface area contributed by atoms with Gasteiger partial charge in [-0.2, -0.15) is 0 Å². The van der Waals surface area contributed by atoms with E-state index in [9.17, 15) is 0 Å². The molecule has 1 aromatic carbocycles. The zero-order valence-corrected chi connectivity index (χ0v) is 9.64. The molecule has 16 heavy (non-hydrogen) atoms. The van der Waals surface area contributed by atoms with Crippen LogP contribution in [0, 0.1) is 6.92 Å². The number of nitrogen functional groups attached to an aromatic ring is 1. The smallest absolute Gasteiger partial charge is 0.169 e. The van der Waals surface area contributed by atoms with E-state index in [1.54, 1.807) is 0 Å². The average Bonchev–Trinajstić information content (AvgIpc) is 2.63. The van der Waals surface area contributed by atoms with Crippen LogP contribution in [-0.4, -0.2) is 15.0 Å². The van der Waals surface area contributed by atoms with Gasteiger partial charge in [-0.1, -0.05) is 42.0 Å². The molecule has 4 nitrogen and oxygen atoms in total. The van der Waals surface area contributed by atoms with Crippen LogP contribution >= 0.6 is 0 Å². The van der Waals surface area contributed by atoms with Crippen molar-refractivity contribution >= 4 is 5.82 Å². The van der Waals surface area contributed by atoms with Crippen molar-refractivity contribution in [3.05, 3.63) is 41.1 Å². The molecule has 0 atom stereocenters. The molecule has 0 fully saturated rings. The van der Waals surface area contributed by atoms with Crippen LogP contribution in [0.3, 0.4) is 0 Å². The lowest BCUT2D eigenvalue weighted by molar-refractivity contribution is 0.622. The van der Waals surface area contributed by atoms with Crippen molar-refractivity contribution in [1.29, 1.82) is 0 Å². The van der Waals surface area contributed by atoms with Crippen LogP contribution in [0.25, 0.3) is 0 Å². The number of rotatable bonds is 3. The monoisotopic (exact) mass is 216 g/mol. The van der Waals surface area contributed by atoms with Crippen molar-refractivity contribution in [3.63, 3.8) is 0 Å². The molecule has 2 rings (SSSR count). The maximum absolute atomic E-state index is 5.74. The maximum Gasteiger partial charge on any atom is 0.169 e. The van der Waals surface area contributed by atoms with Gasteiger partial charge in [0.1, 0.15) is 0 Å². The van der Waals surface area contributed by atoms with Gasteiger partial charge in [-0.3, -0.25) is 0 Å². The fourth-order valence-corrected chi connectivity index (χ4v) is 1.70. The highest BCUT2D eigenvalue weighted by atomic mass is 15.4. The lowest BCUT2D eigenvalue weighted by Gasteiger charge is -2.05. The average molecular weight is 216 g/mol. The summed E-state index contributed by atoms with van der Waals surface area (Å²) in [5.74, 6) is 0.537. The van der Waals surface area contributed by atoms with Crippen LogP contribution < -0.4 is 5.73 Å². The molecule has 1 aromatic heterocycles. The Labute approximate surface area is 95.1 Å². The largest absolute Gasteiger partial charge is 0.381 e. The first-order valence-corrected chi connectivity index (χ1v) is 5.44. The fraction of sp³-hybridized carbons (Fsp3) is 0.333. The van der Waals surface area contributed by atoms with Gasteiger partial charge in [0, 0.05) is 0 Å². The predicted molar refractivity (Wildman–Crippen MR) is 64.1 cm³/mol. The van der Waals surface area contributed by atoms with Crippen LogP contribution in [0.4, 0.5) is 5.82 Å². The van der Waals surface area contributed by atoms with E-state index in [2.05, 4.69) is 48.4 Å². The minimum absolute atomic E-state index is 0.537. The number of aromatic nitrogens is 3. The van der Waals surface area contributed by atoms with Crippen molar-refractivity contribution in [3.8, 4) is 0 Å². The summed E-state index contributed by atoms with van der Waals surface area (Å²) >= 11 is 0. The molecule has 2 aromatic rings. The fourth-order valence-electron chi connectivity index (χ4n) is 1.70. The van der Waals surface area contributed by atoms with Gasteiger partial charge in [-0.25, -0.2) is 4.68 Å². The summed E-state index contributed by atoms with van der Waals surface area (Å²) in [5.41, 5.74) is 9.21. The van der Waals surface area contributed by atoms with E-state index in [4.69, 9.17) is 5.73 Å². The van der Waals surface area contributed by atoms with Gasteiger partial charge in [0.15, 0.2) is 5.82 Å². The normalized spacial score (nSPS) is 10.6. The summed E-state index contributed by atoms with van der Waals surface area (Å²) in [4.78, 5) is 0. The summed E-state index contributed by atoms with van der Waals surface area (Å²) in [7, 11) is 0. The molecule has 2 N–H and O–H groups in total. The number of benzene rings is 1. The summed E-state index contributed by atoms with van der Waals surface area (Å²) in [5, 5.41) is 7.94. The molecule has 0 aliphatic heterocycles. The van der Waals surface area contributed by atoms with Gasteiger partial charge in [0.05, 0.1) is 12.2 Å². The highest BCUT2D eigenvalue weighted by Crippen LogP contribution is 2.11.